The van der Waals surface area contributed by atoms with E-state index < -0.39 is 6.10 Å². The molecule has 2 unspecified atom stereocenters. The Hall–Kier alpha value is -2.38. The minimum atomic E-state index is -0.735. The third-order valence-corrected chi connectivity index (χ3v) is 5.11. The highest BCUT2D eigenvalue weighted by Gasteiger charge is 2.21. The van der Waals surface area contributed by atoms with Crippen molar-refractivity contribution in [2.75, 3.05) is 18.5 Å². The number of anilines is 1. The van der Waals surface area contributed by atoms with E-state index in [9.17, 15) is 9.59 Å². The lowest BCUT2D eigenvalue weighted by Gasteiger charge is -2.17. The number of halogens is 1. The summed E-state index contributed by atoms with van der Waals surface area (Å²) in [6.45, 7) is 2.86. The number of para-hydroxylation sites is 2. The maximum atomic E-state index is 12.6. The maximum Gasteiger partial charge on any atom is 0.265 e. The molecule has 3 rings (SSSR count). The lowest BCUT2D eigenvalue weighted by Crippen LogP contribution is -2.34. The third kappa shape index (κ3) is 5.33. The van der Waals surface area contributed by atoms with Crippen LogP contribution in [0.3, 0.4) is 0 Å². The monoisotopic (exact) mass is 446 g/mol. The lowest BCUT2D eigenvalue weighted by molar-refractivity contribution is -0.122. The molecular formula is C21H23BrN2O4. The van der Waals surface area contributed by atoms with Gasteiger partial charge in [-0.25, -0.2) is 0 Å². The van der Waals surface area contributed by atoms with Gasteiger partial charge in [0.1, 0.15) is 5.75 Å². The first kappa shape index (κ1) is 20.4. The Kier molecular flexibility index (Phi) is 7.06. The van der Waals surface area contributed by atoms with Crippen molar-refractivity contribution in [1.82, 2.24) is 5.32 Å². The summed E-state index contributed by atoms with van der Waals surface area (Å²) in [5.41, 5.74) is 0.849. The number of benzene rings is 2. The summed E-state index contributed by atoms with van der Waals surface area (Å²) in [7, 11) is 0. The van der Waals surface area contributed by atoms with E-state index in [1.807, 2.05) is 18.2 Å². The van der Waals surface area contributed by atoms with E-state index in [4.69, 9.17) is 9.47 Å². The molecule has 1 fully saturated rings. The molecule has 2 aromatic rings. The number of nitrogens with one attached hydrogen (secondary N) is 2. The number of hydrogen-bond donors (Lipinski definition) is 2. The number of amides is 2. The van der Waals surface area contributed by atoms with Gasteiger partial charge in [-0.15, -0.1) is 0 Å². The van der Waals surface area contributed by atoms with Crippen LogP contribution in [0.25, 0.3) is 0 Å². The van der Waals surface area contributed by atoms with E-state index in [1.54, 1.807) is 37.3 Å². The zero-order chi connectivity index (χ0) is 19.9. The van der Waals surface area contributed by atoms with Gasteiger partial charge >= 0.3 is 0 Å². The van der Waals surface area contributed by atoms with Gasteiger partial charge in [0.05, 0.1) is 21.8 Å². The van der Waals surface area contributed by atoms with Crippen molar-refractivity contribution in [2.45, 2.75) is 32.0 Å². The zero-order valence-corrected chi connectivity index (χ0v) is 17.2. The minimum absolute atomic E-state index is 0.0587. The number of hydrogen-bond acceptors (Lipinski definition) is 4. The van der Waals surface area contributed by atoms with Crippen LogP contribution in [0.2, 0.25) is 0 Å². The quantitative estimate of drug-likeness (QED) is 0.678. The fourth-order valence-electron chi connectivity index (χ4n) is 2.92. The average Bonchev–Trinajstić information content (AvgIpc) is 3.22. The summed E-state index contributed by atoms with van der Waals surface area (Å²) < 4.78 is 12.0. The Bertz CT molecular complexity index is 837. The fraction of sp³-hybridized carbons (Fsp3) is 0.333. The van der Waals surface area contributed by atoms with Gasteiger partial charge in [-0.1, -0.05) is 24.3 Å². The molecule has 6 nitrogen and oxygen atoms in total. The highest BCUT2D eigenvalue weighted by molar-refractivity contribution is 9.10. The summed E-state index contributed by atoms with van der Waals surface area (Å²) >= 11 is 3.40. The van der Waals surface area contributed by atoms with Crippen molar-refractivity contribution >= 4 is 33.4 Å². The Labute approximate surface area is 172 Å². The van der Waals surface area contributed by atoms with Crippen molar-refractivity contribution in [1.29, 1.82) is 0 Å². The first-order valence-corrected chi connectivity index (χ1v) is 10.0. The van der Waals surface area contributed by atoms with Crippen LogP contribution in [0.1, 0.15) is 30.1 Å². The standard InChI is InChI=1S/C21H23BrN2O4/c1-14(28-19-11-5-3-9-17(19)22)20(25)24-18-10-4-2-8-16(18)21(26)23-13-15-7-6-12-27-15/h2-5,8-11,14-15H,6-7,12-13H2,1H3,(H,23,26)(H,24,25). The van der Waals surface area contributed by atoms with E-state index in [2.05, 4.69) is 26.6 Å². The molecule has 7 heteroatoms. The van der Waals surface area contributed by atoms with Crippen LogP contribution < -0.4 is 15.4 Å². The van der Waals surface area contributed by atoms with Gasteiger partial charge in [0.2, 0.25) is 0 Å². The molecule has 148 valence electrons. The number of ether oxygens (including phenoxy) is 2. The SMILES string of the molecule is CC(Oc1ccccc1Br)C(=O)Nc1ccccc1C(=O)NCC1CCCO1. The van der Waals surface area contributed by atoms with Gasteiger partial charge in [0.25, 0.3) is 11.8 Å². The van der Waals surface area contributed by atoms with Crippen molar-refractivity contribution in [3.8, 4) is 5.75 Å². The summed E-state index contributed by atoms with van der Waals surface area (Å²) in [6, 6.07) is 14.2. The van der Waals surface area contributed by atoms with Crippen LogP contribution in [0.5, 0.6) is 5.75 Å². The van der Waals surface area contributed by atoms with Gasteiger partial charge in [-0.05, 0) is 60.0 Å². The molecule has 1 heterocycles. The van der Waals surface area contributed by atoms with E-state index in [-0.39, 0.29) is 17.9 Å². The molecule has 2 amide bonds. The van der Waals surface area contributed by atoms with Gasteiger partial charge in [-0.3, -0.25) is 9.59 Å². The number of carbonyl (C=O) groups is 2. The summed E-state index contributed by atoms with van der Waals surface area (Å²) in [6.07, 6.45) is 1.29. The van der Waals surface area contributed by atoms with E-state index in [1.165, 1.54) is 0 Å². The topological polar surface area (TPSA) is 76.7 Å². The van der Waals surface area contributed by atoms with Crippen molar-refractivity contribution in [2.24, 2.45) is 0 Å². The first-order chi connectivity index (χ1) is 13.5. The van der Waals surface area contributed by atoms with Crippen molar-refractivity contribution in [3.05, 3.63) is 58.6 Å². The highest BCUT2D eigenvalue weighted by atomic mass is 79.9. The highest BCUT2D eigenvalue weighted by Crippen LogP contribution is 2.25. The third-order valence-electron chi connectivity index (χ3n) is 4.45. The lowest BCUT2D eigenvalue weighted by atomic mass is 10.1. The van der Waals surface area contributed by atoms with Crippen molar-refractivity contribution in [3.63, 3.8) is 0 Å². The largest absolute Gasteiger partial charge is 0.480 e. The molecule has 0 aliphatic carbocycles. The number of rotatable bonds is 7. The molecular weight excluding hydrogens is 424 g/mol. The molecule has 0 saturated carbocycles. The van der Waals surface area contributed by atoms with E-state index in [0.29, 0.717) is 23.5 Å². The Morgan fingerprint density at radius 1 is 1.21 bits per heavy atom. The second-order valence-electron chi connectivity index (χ2n) is 6.57. The molecule has 1 aliphatic heterocycles. The van der Waals surface area contributed by atoms with E-state index in [0.717, 1.165) is 23.9 Å². The van der Waals surface area contributed by atoms with Gasteiger partial charge in [-0.2, -0.15) is 0 Å². The van der Waals surface area contributed by atoms with Gasteiger partial charge in [0, 0.05) is 13.2 Å². The first-order valence-electron chi connectivity index (χ1n) is 9.25. The second-order valence-corrected chi connectivity index (χ2v) is 7.42. The summed E-state index contributed by atoms with van der Waals surface area (Å²) in [4.78, 5) is 25.1. The molecule has 2 atom stereocenters. The van der Waals surface area contributed by atoms with Crippen LogP contribution in [0, 0.1) is 0 Å². The summed E-state index contributed by atoms with van der Waals surface area (Å²) in [5.74, 6) is -0.00588. The molecule has 2 aromatic carbocycles. The Balaban J connectivity index is 1.62. The van der Waals surface area contributed by atoms with E-state index >= 15 is 0 Å². The molecule has 2 N–H and O–H groups in total. The minimum Gasteiger partial charge on any atom is -0.480 e. The Morgan fingerprint density at radius 2 is 1.96 bits per heavy atom. The van der Waals surface area contributed by atoms with Crippen LogP contribution in [-0.4, -0.2) is 37.2 Å². The van der Waals surface area contributed by atoms with Crippen LogP contribution in [-0.2, 0) is 9.53 Å². The molecule has 1 aliphatic rings. The zero-order valence-electron chi connectivity index (χ0n) is 15.6. The predicted octanol–water partition coefficient (Wildman–Crippen LogP) is 3.76. The number of carbonyl (C=O) groups excluding carboxylic acids is 2. The van der Waals surface area contributed by atoms with Gasteiger partial charge in [0.15, 0.2) is 6.10 Å². The molecule has 28 heavy (non-hydrogen) atoms. The molecule has 0 radical (unpaired) electrons. The van der Waals surface area contributed by atoms with Gasteiger partial charge < -0.3 is 20.1 Å². The van der Waals surface area contributed by atoms with Crippen molar-refractivity contribution < 1.29 is 19.1 Å². The van der Waals surface area contributed by atoms with Crippen LogP contribution in [0.15, 0.2) is 53.0 Å². The molecule has 0 bridgehead atoms. The Morgan fingerprint density at radius 3 is 2.71 bits per heavy atom. The normalized spacial score (nSPS) is 17.0. The summed E-state index contributed by atoms with van der Waals surface area (Å²) in [5, 5.41) is 5.67. The van der Waals surface area contributed by atoms with Crippen LogP contribution >= 0.6 is 15.9 Å². The predicted molar refractivity (Wildman–Crippen MR) is 111 cm³/mol. The molecule has 0 aromatic heterocycles. The average molecular weight is 447 g/mol. The second kappa shape index (κ2) is 9.71. The fourth-order valence-corrected chi connectivity index (χ4v) is 3.29. The molecule has 1 saturated heterocycles. The van der Waals surface area contributed by atoms with Crippen LogP contribution in [0.4, 0.5) is 5.69 Å². The molecule has 0 spiro atoms. The smallest absolute Gasteiger partial charge is 0.265 e. The maximum absolute atomic E-state index is 12.6.